The van der Waals surface area contributed by atoms with E-state index in [2.05, 4.69) is 5.29 Å². The number of alkyl halides is 1. The highest BCUT2D eigenvalue weighted by Gasteiger charge is 2.23. The van der Waals surface area contributed by atoms with Gasteiger partial charge in [0.1, 0.15) is 6.67 Å². The van der Waals surface area contributed by atoms with E-state index < -0.39 is 23.2 Å². The lowest BCUT2D eigenvalue weighted by Gasteiger charge is -2.13. The molecule has 1 rings (SSSR count). The highest BCUT2D eigenvalue weighted by molar-refractivity contribution is 7.89. The van der Waals surface area contributed by atoms with Crippen LogP contribution < -0.4 is 0 Å². The maximum absolute atomic E-state index is 12.0. The lowest BCUT2D eigenvalue weighted by atomic mass is 10.2. The third-order valence-electron chi connectivity index (χ3n) is 1.96. The first-order chi connectivity index (χ1) is 7.52. The highest BCUT2D eigenvalue weighted by atomic mass is 32.2. The molecule has 88 valence electrons. The van der Waals surface area contributed by atoms with Crippen molar-refractivity contribution in [2.24, 2.45) is 5.29 Å². The summed E-state index contributed by atoms with van der Waals surface area (Å²) in [5.41, 5.74) is 0.884. The molecule has 0 N–H and O–H groups in total. The molecule has 0 radical (unpaired) electrons. The fourth-order valence-corrected chi connectivity index (χ4v) is 2.23. The summed E-state index contributed by atoms with van der Waals surface area (Å²) in [6, 6.07) is 5.87. The molecule has 16 heavy (non-hydrogen) atoms. The van der Waals surface area contributed by atoms with Crippen molar-refractivity contribution in [3.05, 3.63) is 34.7 Å². The lowest BCUT2D eigenvalue weighted by Crippen LogP contribution is -2.27. The molecule has 0 aliphatic heterocycles. The summed E-state index contributed by atoms with van der Waals surface area (Å²) in [5, 5.41) is 2.30. The van der Waals surface area contributed by atoms with Gasteiger partial charge in [-0.05, 0) is 19.1 Å². The molecule has 0 aliphatic carbocycles. The Morgan fingerprint density at radius 3 is 2.31 bits per heavy atom. The minimum atomic E-state index is -4.02. The molecule has 0 saturated heterocycles. The molecule has 0 bridgehead atoms. The van der Waals surface area contributed by atoms with Crippen LogP contribution in [0.25, 0.3) is 0 Å². The largest absolute Gasteiger partial charge is 0.281 e. The van der Waals surface area contributed by atoms with Gasteiger partial charge in [0.25, 0.3) is 10.0 Å². The van der Waals surface area contributed by atoms with E-state index in [4.69, 9.17) is 0 Å². The summed E-state index contributed by atoms with van der Waals surface area (Å²) in [6.45, 7) is 0.268. The summed E-state index contributed by atoms with van der Waals surface area (Å²) in [5.74, 6) is 0. The highest BCUT2D eigenvalue weighted by Crippen LogP contribution is 2.16. The molecule has 0 heterocycles. The average molecular weight is 246 g/mol. The van der Waals surface area contributed by atoms with Gasteiger partial charge in [-0.1, -0.05) is 17.7 Å². The van der Waals surface area contributed by atoms with E-state index in [-0.39, 0.29) is 9.31 Å². The number of halogens is 1. The summed E-state index contributed by atoms with van der Waals surface area (Å²) >= 11 is 0. The molecule has 5 nitrogen and oxygen atoms in total. The fourth-order valence-electron chi connectivity index (χ4n) is 1.11. The third-order valence-corrected chi connectivity index (χ3v) is 3.64. The molecule has 0 aliphatic rings. The summed E-state index contributed by atoms with van der Waals surface area (Å²) < 4.78 is 35.7. The zero-order valence-electron chi connectivity index (χ0n) is 8.63. The number of sulfonamides is 1. The Morgan fingerprint density at radius 2 is 1.88 bits per heavy atom. The Morgan fingerprint density at radius 1 is 1.31 bits per heavy atom. The van der Waals surface area contributed by atoms with Crippen LogP contribution in [0.2, 0.25) is 0 Å². The van der Waals surface area contributed by atoms with E-state index in [1.807, 2.05) is 0 Å². The smallest absolute Gasteiger partial charge is 0.249 e. The Balaban J connectivity index is 3.09. The Hall–Kier alpha value is -1.50. The predicted octanol–water partition coefficient (Wildman–Crippen LogP) is 1.64. The second-order valence-electron chi connectivity index (χ2n) is 3.13. The second kappa shape index (κ2) is 5.02. The van der Waals surface area contributed by atoms with Crippen LogP contribution >= 0.6 is 0 Å². The summed E-state index contributed by atoms with van der Waals surface area (Å²) in [4.78, 5) is 10.2. The maximum atomic E-state index is 12.0. The summed E-state index contributed by atoms with van der Waals surface area (Å²) in [7, 11) is -4.02. The normalized spacial score (nSPS) is 11.1. The lowest BCUT2D eigenvalue weighted by molar-refractivity contribution is 0.365. The van der Waals surface area contributed by atoms with Crippen LogP contribution in [0, 0.1) is 11.8 Å². The molecule has 0 unspecified atom stereocenters. The number of hydrogen-bond donors (Lipinski definition) is 0. The first kappa shape index (κ1) is 12.6. The molecule has 0 atom stereocenters. The second-order valence-corrected chi connectivity index (χ2v) is 4.98. The van der Waals surface area contributed by atoms with Crippen LogP contribution in [0.1, 0.15) is 5.56 Å². The fraction of sp³-hybridized carbons (Fsp3) is 0.333. The molecule has 0 amide bonds. The molecular weight excluding hydrogens is 235 g/mol. The van der Waals surface area contributed by atoms with Crippen LogP contribution in [0.3, 0.4) is 0 Å². The molecule has 0 spiro atoms. The molecule has 1 aromatic carbocycles. The van der Waals surface area contributed by atoms with Gasteiger partial charge >= 0.3 is 0 Å². The van der Waals surface area contributed by atoms with Crippen molar-refractivity contribution in [3.63, 3.8) is 0 Å². The van der Waals surface area contributed by atoms with Gasteiger partial charge in [-0.2, -0.15) is 8.42 Å². The molecule has 0 aromatic heterocycles. The quantitative estimate of drug-likeness (QED) is 0.586. The van der Waals surface area contributed by atoms with E-state index in [9.17, 15) is 17.7 Å². The van der Waals surface area contributed by atoms with E-state index in [0.717, 1.165) is 5.56 Å². The van der Waals surface area contributed by atoms with Gasteiger partial charge in [0.05, 0.1) is 16.7 Å². The number of nitrogens with zero attached hydrogens (tertiary/aromatic N) is 2. The summed E-state index contributed by atoms with van der Waals surface area (Å²) in [6.07, 6.45) is 0. The number of rotatable bonds is 5. The standard InChI is InChI=1S/C9H11FN2O3S/c1-8-2-4-9(5-3-8)16(14,15)12(11-13)7-6-10/h2-5H,6-7H2,1H3. The van der Waals surface area contributed by atoms with Gasteiger partial charge in [-0.3, -0.25) is 0 Å². The number of benzene rings is 1. The Labute approximate surface area is 92.9 Å². The van der Waals surface area contributed by atoms with Gasteiger partial charge in [0, 0.05) is 0 Å². The molecule has 0 saturated carbocycles. The molecule has 7 heteroatoms. The predicted molar refractivity (Wildman–Crippen MR) is 56.8 cm³/mol. The van der Waals surface area contributed by atoms with Crippen molar-refractivity contribution in [2.75, 3.05) is 13.2 Å². The van der Waals surface area contributed by atoms with Crippen molar-refractivity contribution in [3.8, 4) is 0 Å². The van der Waals surface area contributed by atoms with E-state index in [1.54, 1.807) is 19.1 Å². The van der Waals surface area contributed by atoms with Gasteiger partial charge < -0.3 is 0 Å². The van der Waals surface area contributed by atoms with Crippen LogP contribution in [-0.2, 0) is 10.0 Å². The van der Waals surface area contributed by atoms with Gasteiger partial charge in [-0.15, -0.1) is 9.32 Å². The average Bonchev–Trinajstić information content (AvgIpc) is 2.26. The van der Waals surface area contributed by atoms with Gasteiger partial charge in [0.2, 0.25) is 0 Å². The maximum Gasteiger partial charge on any atom is 0.281 e. The zero-order chi connectivity index (χ0) is 12.2. The SMILES string of the molecule is Cc1ccc(S(=O)(=O)N(CCF)N=O)cc1. The van der Waals surface area contributed by atoms with Crippen LogP contribution in [0.5, 0.6) is 0 Å². The van der Waals surface area contributed by atoms with Crippen molar-refractivity contribution < 1.29 is 12.8 Å². The monoisotopic (exact) mass is 246 g/mol. The topological polar surface area (TPSA) is 66.8 Å². The van der Waals surface area contributed by atoms with Crippen LogP contribution in [0.15, 0.2) is 34.4 Å². The number of hydrogen-bond acceptors (Lipinski definition) is 4. The van der Waals surface area contributed by atoms with Gasteiger partial charge in [-0.25, -0.2) is 4.39 Å². The zero-order valence-corrected chi connectivity index (χ0v) is 9.45. The van der Waals surface area contributed by atoms with E-state index in [0.29, 0.717) is 0 Å². The van der Waals surface area contributed by atoms with E-state index >= 15 is 0 Å². The minimum Gasteiger partial charge on any atom is -0.249 e. The first-order valence-electron chi connectivity index (χ1n) is 4.51. The van der Waals surface area contributed by atoms with Gasteiger partial charge in [0.15, 0.2) is 0 Å². The minimum absolute atomic E-state index is 0.0776. The number of nitroso groups, excluding NO2 is 1. The van der Waals surface area contributed by atoms with Crippen LogP contribution in [0.4, 0.5) is 4.39 Å². The van der Waals surface area contributed by atoms with Crippen molar-refractivity contribution in [1.82, 2.24) is 4.41 Å². The first-order valence-corrected chi connectivity index (χ1v) is 5.95. The Kier molecular flexibility index (Phi) is 3.94. The number of aryl methyl sites for hydroxylation is 1. The van der Waals surface area contributed by atoms with Crippen molar-refractivity contribution in [2.45, 2.75) is 11.8 Å². The van der Waals surface area contributed by atoms with E-state index in [1.165, 1.54) is 12.1 Å². The Bertz CT molecular complexity index is 458. The van der Waals surface area contributed by atoms with Crippen molar-refractivity contribution in [1.29, 1.82) is 0 Å². The van der Waals surface area contributed by atoms with Crippen LogP contribution in [-0.4, -0.2) is 26.1 Å². The third kappa shape index (κ3) is 2.54. The molecule has 1 aromatic rings. The molecular formula is C9H11FN2O3S. The molecule has 0 fully saturated rings. The van der Waals surface area contributed by atoms with Crippen molar-refractivity contribution >= 4 is 10.0 Å².